The van der Waals surface area contributed by atoms with Crippen molar-refractivity contribution in [2.75, 3.05) is 13.1 Å². The largest absolute Gasteiger partial charge is 0.480 e. The Bertz CT molecular complexity index is 484. The molecule has 1 saturated heterocycles. The van der Waals surface area contributed by atoms with E-state index in [2.05, 4.69) is 4.72 Å². The predicted octanol–water partition coefficient (Wildman–Crippen LogP) is -1.35. The van der Waals surface area contributed by atoms with Crippen LogP contribution < -0.4 is 10.5 Å². The first-order valence-electron chi connectivity index (χ1n) is 6.55. The van der Waals surface area contributed by atoms with E-state index in [-0.39, 0.29) is 38.1 Å². The van der Waals surface area contributed by atoms with Crippen LogP contribution in [-0.4, -0.2) is 61.0 Å². The maximum Gasteiger partial charge on any atom is 0.321 e. The number of hydrogen-bond donors (Lipinski definition) is 3. The molecule has 0 radical (unpaired) electrons. The number of nitrogens with one attached hydrogen (secondary N) is 1. The lowest BCUT2D eigenvalue weighted by Gasteiger charge is -2.34. The van der Waals surface area contributed by atoms with E-state index >= 15 is 0 Å². The first-order chi connectivity index (χ1) is 9.61. The van der Waals surface area contributed by atoms with Gasteiger partial charge in [0.15, 0.2) is 0 Å². The van der Waals surface area contributed by atoms with E-state index in [1.165, 1.54) is 0 Å². The smallest absolute Gasteiger partial charge is 0.321 e. The van der Waals surface area contributed by atoms with E-state index in [9.17, 15) is 18.0 Å². The molecule has 0 saturated carbocycles. The Hall–Kier alpha value is -1.23. The van der Waals surface area contributed by atoms with Gasteiger partial charge < -0.3 is 15.6 Å². The van der Waals surface area contributed by atoms with Gasteiger partial charge in [0.1, 0.15) is 6.04 Å². The second kappa shape index (κ2) is 7.16. The number of nitrogens with two attached hydrogens (primary N) is 1. The summed E-state index contributed by atoms with van der Waals surface area (Å²) in [5.41, 5.74) is 4.95. The molecular weight excluding hydrogens is 302 g/mol. The zero-order valence-electron chi connectivity index (χ0n) is 12.0. The average Bonchev–Trinajstić information content (AvgIpc) is 2.32. The Labute approximate surface area is 123 Å². The van der Waals surface area contributed by atoms with Gasteiger partial charge in [0.2, 0.25) is 5.91 Å². The van der Waals surface area contributed by atoms with Gasteiger partial charge in [-0.05, 0) is 20.3 Å². The first kappa shape index (κ1) is 17.8. The molecule has 0 aromatic carbocycles. The molecule has 1 fully saturated rings. The van der Waals surface area contributed by atoms with Gasteiger partial charge >= 0.3 is 5.97 Å². The number of primary amides is 1. The number of morpholine rings is 1. The Morgan fingerprint density at radius 3 is 2.33 bits per heavy atom. The highest BCUT2D eigenvalue weighted by molar-refractivity contribution is 7.87. The molecule has 10 heteroatoms. The molecule has 0 aromatic heterocycles. The number of amides is 1. The molecule has 9 nitrogen and oxygen atoms in total. The van der Waals surface area contributed by atoms with Crippen LogP contribution in [0.3, 0.4) is 0 Å². The minimum Gasteiger partial charge on any atom is -0.480 e. The van der Waals surface area contributed by atoms with Crippen molar-refractivity contribution in [2.24, 2.45) is 5.73 Å². The minimum atomic E-state index is -3.97. The van der Waals surface area contributed by atoms with Crippen LogP contribution in [0.5, 0.6) is 0 Å². The van der Waals surface area contributed by atoms with Crippen molar-refractivity contribution in [3.63, 3.8) is 0 Å². The van der Waals surface area contributed by atoms with Crippen LogP contribution in [0.15, 0.2) is 0 Å². The number of carbonyl (C=O) groups is 2. The van der Waals surface area contributed by atoms with Gasteiger partial charge in [-0.2, -0.15) is 17.4 Å². The van der Waals surface area contributed by atoms with Crippen molar-refractivity contribution in [3.05, 3.63) is 0 Å². The standard InChI is InChI=1S/C11H21N3O6S/c1-7-5-14(6-8(2)20-7)21(18,19)13-9(11(16)17)3-4-10(12)15/h7-9,13H,3-6H2,1-2H3,(H2,12,15)(H,16,17). The number of hydrogen-bond acceptors (Lipinski definition) is 5. The van der Waals surface area contributed by atoms with Crippen molar-refractivity contribution in [2.45, 2.75) is 44.9 Å². The lowest BCUT2D eigenvalue weighted by atomic mass is 10.2. The van der Waals surface area contributed by atoms with Crippen LogP contribution in [0, 0.1) is 0 Å². The second-order valence-corrected chi connectivity index (χ2v) is 6.80. The number of aliphatic carboxylic acids is 1. The Morgan fingerprint density at radius 1 is 1.38 bits per heavy atom. The monoisotopic (exact) mass is 323 g/mol. The fourth-order valence-electron chi connectivity index (χ4n) is 2.10. The molecular formula is C11H21N3O6S. The van der Waals surface area contributed by atoms with E-state index < -0.39 is 28.1 Å². The fraction of sp³-hybridized carbons (Fsp3) is 0.818. The van der Waals surface area contributed by atoms with Gasteiger partial charge in [-0.3, -0.25) is 9.59 Å². The van der Waals surface area contributed by atoms with Gasteiger partial charge in [0, 0.05) is 19.5 Å². The Balaban J connectivity index is 2.76. The average molecular weight is 323 g/mol. The SMILES string of the molecule is CC1CN(S(=O)(=O)NC(CCC(N)=O)C(=O)O)CC(C)O1. The van der Waals surface area contributed by atoms with Crippen molar-refractivity contribution in [1.29, 1.82) is 0 Å². The highest BCUT2D eigenvalue weighted by Gasteiger charge is 2.34. The highest BCUT2D eigenvalue weighted by Crippen LogP contribution is 2.14. The van der Waals surface area contributed by atoms with Gasteiger partial charge in [0.25, 0.3) is 10.2 Å². The minimum absolute atomic E-state index is 0.141. The van der Waals surface area contributed by atoms with Crippen molar-refractivity contribution in [1.82, 2.24) is 9.03 Å². The summed E-state index contributed by atoms with van der Waals surface area (Å²) in [6.07, 6.45) is -0.965. The molecule has 3 unspecified atom stereocenters. The van der Waals surface area contributed by atoms with Gasteiger partial charge in [-0.1, -0.05) is 0 Å². The number of carboxylic acids is 1. The quantitative estimate of drug-likeness (QED) is 0.529. The van der Waals surface area contributed by atoms with E-state index in [1.807, 2.05) is 0 Å². The summed E-state index contributed by atoms with van der Waals surface area (Å²) >= 11 is 0. The summed E-state index contributed by atoms with van der Waals surface area (Å²) in [6, 6.07) is -1.39. The highest BCUT2D eigenvalue weighted by atomic mass is 32.2. The van der Waals surface area contributed by atoms with Crippen LogP contribution in [0.2, 0.25) is 0 Å². The van der Waals surface area contributed by atoms with Crippen LogP contribution in [0.1, 0.15) is 26.7 Å². The predicted molar refractivity (Wildman–Crippen MR) is 73.5 cm³/mol. The Kier molecular flexibility index (Phi) is 6.08. The van der Waals surface area contributed by atoms with Gasteiger partial charge in [0.05, 0.1) is 12.2 Å². The van der Waals surface area contributed by atoms with Crippen LogP contribution in [0.4, 0.5) is 0 Å². The maximum atomic E-state index is 12.2. The zero-order valence-corrected chi connectivity index (χ0v) is 12.8. The molecule has 0 spiro atoms. The lowest BCUT2D eigenvalue weighted by Crippen LogP contribution is -2.55. The molecule has 1 heterocycles. The summed E-state index contributed by atoms with van der Waals surface area (Å²) in [5.74, 6) is -2.04. The molecule has 1 aliphatic heterocycles. The zero-order chi connectivity index (χ0) is 16.2. The van der Waals surface area contributed by atoms with Crippen molar-refractivity contribution in [3.8, 4) is 0 Å². The summed E-state index contributed by atoms with van der Waals surface area (Å²) in [4.78, 5) is 21.8. The first-order valence-corrected chi connectivity index (χ1v) is 7.99. The summed E-state index contributed by atoms with van der Waals surface area (Å²) < 4.78 is 33.1. The number of carbonyl (C=O) groups excluding carboxylic acids is 1. The molecule has 1 aliphatic rings. The molecule has 1 rings (SSSR count). The van der Waals surface area contributed by atoms with E-state index in [0.29, 0.717) is 0 Å². The molecule has 3 atom stereocenters. The maximum absolute atomic E-state index is 12.2. The molecule has 21 heavy (non-hydrogen) atoms. The molecule has 122 valence electrons. The molecule has 0 bridgehead atoms. The summed E-state index contributed by atoms with van der Waals surface area (Å²) in [6.45, 7) is 3.75. The third-order valence-corrected chi connectivity index (χ3v) is 4.56. The normalized spacial score (nSPS) is 25.4. The molecule has 4 N–H and O–H groups in total. The van der Waals surface area contributed by atoms with Gasteiger partial charge in [-0.25, -0.2) is 0 Å². The molecule has 1 amide bonds. The number of rotatable bonds is 7. The third-order valence-electron chi connectivity index (χ3n) is 2.99. The number of ether oxygens (including phenoxy) is 1. The van der Waals surface area contributed by atoms with E-state index in [0.717, 1.165) is 4.31 Å². The van der Waals surface area contributed by atoms with Crippen molar-refractivity contribution >= 4 is 22.1 Å². The molecule has 0 aromatic rings. The second-order valence-electron chi connectivity index (χ2n) is 5.09. The third kappa shape index (κ3) is 5.58. The number of carboxylic acid groups (broad SMARTS) is 1. The van der Waals surface area contributed by atoms with Crippen LogP contribution in [-0.2, 0) is 24.5 Å². The summed E-state index contributed by atoms with van der Waals surface area (Å²) in [5, 5.41) is 9.03. The van der Waals surface area contributed by atoms with Crippen molar-refractivity contribution < 1.29 is 27.9 Å². The van der Waals surface area contributed by atoms with E-state index in [1.54, 1.807) is 13.8 Å². The molecule has 0 aliphatic carbocycles. The lowest BCUT2D eigenvalue weighted by molar-refractivity contribution is -0.139. The fourth-order valence-corrected chi connectivity index (χ4v) is 3.64. The summed E-state index contributed by atoms with van der Waals surface area (Å²) in [7, 11) is -3.97. The van der Waals surface area contributed by atoms with Crippen LogP contribution in [0.25, 0.3) is 0 Å². The van der Waals surface area contributed by atoms with Gasteiger partial charge in [-0.15, -0.1) is 0 Å². The van der Waals surface area contributed by atoms with Crippen LogP contribution >= 0.6 is 0 Å². The number of nitrogens with zero attached hydrogens (tertiary/aromatic N) is 1. The van der Waals surface area contributed by atoms with E-state index in [4.69, 9.17) is 15.6 Å². The topological polar surface area (TPSA) is 139 Å². The Morgan fingerprint density at radius 2 is 1.90 bits per heavy atom.